The Bertz CT molecular complexity index is 1110. The molecule has 374 valence electrons. The van der Waals surface area contributed by atoms with Gasteiger partial charge in [-0.25, -0.2) is 4.98 Å². The lowest BCUT2D eigenvalue weighted by Crippen LogP contribution is -2.27. The number of rotatable bonds is 53. The molecule has 2 N–H and O–H groups in total. The van der Waals surface area contributed by atoms with Gasteiger partial charge in [0.05, 0.1) is 85.2 Å². The van der Waals surface area contributed by atoms with Crippen molar-refractivity contribution in [1.82, 2.24) is 15.3 Å². The Labute approximate surface area is 392 Å². The van der Waals surface area contributed by atoms with E-state index in [1.54, 1.807) is 0 Å². The molecule has 0 aliphatic carbocycles. The summed E-state index contributed by atoms with van der Waals surface area (Å²) in [6, 6.07) is 0. The number of ether oxygens (including phenoxy) is 7. The Balaban J connectivity index is 2.09. The highest BCUT2D eigenvalue weighted by Gasteiger charge is 2.11. The fourth-order valence-electron chi connectivity index (χ4n) is 7.22. The number of hydrogen-bond acceptors (Lipinski definition) is 9. The van der Waals surface area contributed by atoms with Crippen molar-refractivity contribution in [1.29, 1.82) is 0 Å². The monoisotopic (exact) mass is 906 g/mol. The molecule has 11 nitrogen and oxygen atoms in total. The minimum Gasteiger partial charge on any atom is -0.379 e. The van der Waals surface area contributed by atoms with Crippen LogP contribution < -0.4 is 5.32 Å². The number of aromatic amines is 1. The number of amides is 1. The smallest absolute Gasteiger partial charge is 0.269 e. The maximum Gasteiger partial charge on any atom is 0.269 e. The Morgan fingerprint density at radius 1 is 0.484 bits per heavy atom. The van der Waals surface area contributed by atoms with Crippen LogP contribution in [0.2, 0.25) is 0 Å². The van der Waals surface area contributed by atoms with Crippen LogP contribution in [-0.2, 0) is 33.2 Å². The van der Waals surface area contributed by atoms with Crippen LogP contribution >= 0.6 is 0 Å². The van der Waals surface area contributed by atoms with Crippen molar-refractivity contribution in [3.05, 3.63) is 42.5 Å². The summed E-state index contributed by atoms with van der Waals surface area (Å²) >= 11 is 0. The number of nitrogens with one attached hydrogen (secondary N) is 2. The van der Waals surface area contributed by atoms with Crippen LogP contribution in [0.3, 0.4) is 0 Å². The molecule has 1 heterocycles. The lowest BCUT2D eigenvalue weighted by Gasteiger charge is -2.18. The molecule has 1 aromatic heterocycles. The molecule has 1 atom stereocenters. The van der Waals surface area contributed by atoms with E-state index in [4.69, 9.17) is 33.2 Å². The van der Waals surface area contributed by atoms with Gasteiger partial charge in [-0.15, -0.1) is 0 Å². The molecule has 0 saturated carbocycles. The van der Waals surface area contributed by atoms with Crippen LogP contribution in [0.15, 0.2) is 36.8 Å². The summed E-state index contributed by atoms with van der Waals surface area (Å²) < 4.78 is 40.7. The molecule has 0 saturated heterocycles. The van der Waals surface area contributed by atoms with Gasteiger partial charge >= 0.3 is 0 Å². The number of H-pyrrole nitrogens is 1. The van der Waals surface area contributed by atoms with Gasteiger partial charge in [0.2, 0.25) is 0 Å². The second-order valence-corrected chi connectivity index (χ2v) is 17.2. The molecule has 1 rings (SSSR count). The molecule has 1 unspecified atom stereocenters. The first kappa shape index (κ1) is 59.9. The summed E-state index contributed by atoms with van der Waals surface area (Å²) in [5.74, 6) is -0.200. The molecule has 64 heavy (non-hydrogen) atoms. The summed E-state index contributed by atoms with van der Waals surface area (Å²) in [6.45, 7) is 12.0. The summed E-state index contributed by atoms with van der Waals surface area (Å²) in [5, 5.41) is 2.76. The van der Waals surface area contributed by atoms with Gasteiger partial charge in [0, 0.05) is 19.8 Å². The number of allylic oxidation sites excluding steroid dienone is 4. The van der Waals surface area contributed by atoms with Gasteiger partial charge in [0.1, 0.15) is 11.8 Å². The van der Waals surface area contributed by atoms with Crippen molar-refractivity contribution in [3.8, 4) is 0 Å². The van der Waals surface area contributed by atoms with Gasteiger partial charge in [0.25, 0.3) is 5.91 Å². The Morgan fingerprint density at radius 3 is 1.30 bits per heavy atom. The highest BCUT2D eigenvalue weighted by molar-refractivity contribution is 5.91. The molecule has 0 aliphatic rings. The van der Waals surface area contributed by atoms with Gasteiger partial charge < -0.3 is 43.5 Å². The average Bonchev–Trinajstić information content (AvgIpc) is 3.86. The number of carbonyl (C=O) groups excluding carboxylic acids is 1. The molecule has 11 heteroatoms. The van der Waals surface area contributed by atoms with Crippen LogP contribution in [0.4, 0.5) is 0 Å². The Hall–Kier alpha value is -2.12. The summed E-state index contributed by atoms with van der Waals surface area (Å²) in [5.41, 5.74) is 0.432. The number of nitrogens with zero attached hydrogens (tertiary/aromatic N) is 1. The Kier molecular flexibility index (Phi) is 48.5. The summed E-state index contributed by atoms with van der Waals surface area (Å²) in [7, 11) is 0. The molecule has 0 bridgehead atoms. The average molecular weight is 906 g/mol. The van der Waals surface area contributed by atoms with Crippen molar-refractivity contribution in [2.24, 2.45) is 0 Å². The maximum absolute atomic E-state index is 11.8. The fourth-order valence-corrected chi connectivity index (χ4v) is 7.22. The van der Waals surface area contributed by atoms with E-state index >= 15 is 0 Å². The van der Waals surface area contributed by atoms with Crippen LogP contribution in [-0.4, -0.2) is 114 Å². The van der Waals surface area contributed by atoms with Crippen molar-refractivity contribution in [2.45, 2.75) is 200 Å². The number of unbranched alkanes of at least 4 members (excludes halogenated alkanes) is 24. The second kappa shape index (κ2) is 51.9. The predicted molar refractivity (Wildman–Crippen MR) is 264 cm³/mol. The summed E-state index contributed by atoms with van der Waals surface area (Å²) in [6.07, 6.45) is 49.1. The third-order valence-electron chi connectivity index (χ3n) is 11.2. The van der Waals surface area contributed by atoms with Crippen LogP contribution in [0.5, 0.6) is 0 Å². The fraction of sp³-hybridized carbons (Fsp3) is 0.849. The highest BCUT2D eigenvalue weighted by Crippen LogP contribution is 2.12. The van der Waals surface area contributed by atoms with Crippen molar-refractivity contribution >= 4 is 5.91 Å². The molecule has 1 aromatic rings. The van der Waals surface area contributed by atoms with Crippen molar-refractivity contribution in [3.63, 3.8) is 0 Å². The molecule has 0 fully saturated rings. The van der Waals surface area contributed by atoms with Gasteiger partial charge in [-0.1, -0.05) is 154 Å². The largest absolute Gasteiger partial charge is 0.379 e. The third-order valence-corrected chi connectivity index (χ3v) is 11.2. The molecule has 0 spiro atoms. The van der Waals surface area contributed by atoms with Crippen LogP contribution in [0.25, 0.3) is 0 Å². The quantitative estimate of drug-likeness (QED) is 0.0486. The van der Waals surface area contributed by atoms with Gasteiger partial charge in [-0.2, -0.15) is 0 Å². The van der Waals surface area contributed by atoms with E-state index in [0.29, 0.717) is 84.9 Å². The molecule has 0 radical (unpaired) electrons. The zero-order chi connectivity index (χ0) is 45.7. The molecule has 0 aromatic carbocycles. The first-order valence-electron chi connectivity index (χ1n) is 26.4. The number of hydrogen-bond donors (Lipinski definition) is 2. The SMILES string of the molecule is CCCCCCCC/C=C\CCCCCCCCOCC(COCCOCCOCCOCCOCCNC(=O)c1cnc[nH]1)OCCCCCCCC/C=C\CCCCCCCC. The zero-order valence-electron chi connectivity index (χ0n) is 41.5. The molecular formula is C53H99N3O8. The molecule has 1 amide bonds. The summed E-state index contributed by atoms with van der Waals surface area (Å²) in [4.78, 5) is 18.4. The predicted octanol–water partition coefficient (Wildman–Crippen LogP) is 12.7. The standard InChI is InChI=1S/C53H99N3O8/c1-3-5-7-9-11-13-15-17-19-21-23-25-27-29-31-33-36-62-48-51(64-37-34-32-30-28-26-24-22-20-18-16-14-12-10-8-6-4-2)49-63-46-45-61-44-43-60-42-41-59-40-39-58-38-35-55-53(57)52-47-54-50-56-52/h17-20,47,50-51H,3-16,21-46,48-49H2,1-2H3,(H,54,56)(H,55,57)/b19-17-,20-18-. The van der Waals surface area contributed by atoms with Crippen molar-refractivity contribution < 1.29 is 38.0 Å². The zero-order valence-corrected chi connectivity index (χ0v) is 41.5. The van der Waals surface area contributed by atoms with E-state index in [-0.39, 0.29) is 12.0 Å². The highest BCUT2D eigenvalue weighted by atomic mass is 16.6. The van der Waals surface area contributed by atoms with Crippen LogP contribution in [0.1, 0.15) is 204 Å². The normalized spacial score (nSPS) is 12.3. The van der Waals surface area contributed by atoms with E-state index in [1.165, 1.54) is 179 Å². The topological polar surface area (TPSA) is 122 Å². The maximum atomic E-state index is 11.8. The third kappa shape index (κ3) is 45.1. The van der Waals surface area contributed by atoms with Gasteiger partial charge in [-0.3, -0.25) is 4.79 Å². The van der Waals surface area contributed by atoms with Crippen molar-refractivity contribution in [2.75, 3.05) is 92.4 Å². The van der Waals surface area contributed by atoms with Gasteiger partial charge in [-0.05, 0) is 64.2 Å². The first-order valence-corrected chi connectivity index (χ1v) is 26.4. The van der Waals surface area contributed by atoms with E-state index < -0.39 is 0 Å². The minimum absolute atomic E-state index is 0.0561. The van der Waals surface area contributed by atoms with E-state index in [0.717, 1.165) is 26.1 Å². The number of aromatic nitrogens is 2. The molecular weight excluding hydrogens is 807 g/mol. The number of imidazole rings is 1. The number of carbonyl (C=O) groups is 1. The van der Waals surface area contributed by atoms with Crippen LogP contribution in [0, 0.1) is 0 Å². The van der Waals surface area contributed by atoms with E-state index in [9.17, 15) is 4.79 Å². The first-order chi connectivity index (χ1) is 31.8. The second-order valence-electron chi connectivity index (χ2n) is 17.2. The van der Waals surface area contributed by atoms with Gasteiger partial charge in [0.15, 0.2) is 0 Å². The van der Waals surface area contributed by atoms with E-state index in [2.05, 4.69) is 53.4 Å². The lowest BCUT2D eigenvalue weighted by atomic mass is 10.1. The Morgan fingerprint density at radius 2 is 0.859 bits per heavy atom. The van der Waals surface area contributed by atoms with E-state index in [1.807, 2.05) is 0 Å². The molecule has 0 aliphatic heterocycles. The lowest BCUT2D eigenvalue weighted by molar-refractivity contribution is -0.0702. The minimum atomic E-state index is -0.200.